The lowest BCUT2D eigenvalue weighted by molar-refractivity contribution is -0.140. The number of nitrogens with zero attached hydrogens (tertiary/aromatic N) is 2. The minimum absolute atomic E-state index is 0.0318. The SMILES string of the molecule is COc1cccc(/C(O)=C2\C(=O)C(=O)N(Cc3ccncc3)C2c2ccc(Cl)c(Cl)c2)c1. The molecular weight excluding hydrogens is 451 g/mol. The van der Waals surface area contributed by atoms with Crippen LogP contribution in [0.5, 0.6) is 5.75 Å². The summed E-state index contributed by atoms with van der Waals surface area (Å²) in [5.74, 6) is -1.29. The number of aliphatic hydroxyl groups excluding tert-OH is 1. The number of ketones is 1. The molecule has 1 fully saturated rings. The van der Waals surface area contributed by atoms with Crippen LogP contribution in [0.2, 0.25) is 10.0 Å². The van der Waals surface area contributed by atoms with E-state index in [9.17, 15) is 14.7 Å². The zero-order valence-corrected chi connectivity index (χ0v) is 18.5. The lowest BCUT2D eigenvalue weighted by Gasteiger charge is -2.25. The van der Waals surface area contributed by atoms with E-state index >= 15 is 0 Å². The van der Waals surface area contributed by atoms with Crippen molar-refractivity contribution in [3.05, 3.63) is 99.3 Å². The van der Waals surface area contributed by atoms with Crippen molar-refractivity contribution in [2.75, 3.05) is 7.11 Å². The maximum absolute atomic E-state index is 13.1. The standard InChI is InChI=1S/C24H18Cl2N2O4/c1-32-17-4-2-3-16(11-17)22(29)20-21(15-5-6-18(25)19(26)12-15)28(24(31)23(20)30)13-14-7-9-27-10-8-14/h2-12,21,29H,13H2,1H3/b22-20+. The number of hydrogen-bond donors (Lipinski definition) is 1. The van der Waals surface area contributed by atoms with Crippen LogP contribution < -0.4 is 4.74 Å². The quantitative estimate of drug-likeness (QED) is 0.323. The van der Waals surface area contributed by atoms with E-state index < -0.39 is 17.7 Å². The third-order valence-electron chi connectivity index (χ3n) is 5.24. The molecule has 1 amide bonds. The van der Waals surface area contributed by atoms with Crippen LogP contribution in [-0.4, -0.2) is 33.8 Å². The lowest BCUT2D eigenvalue weighted by atomic mass is 9.95. The van der Waals surface area contributed by atoms with Crippen LogP contribution in [0.4, 0.5) is 0 Å². The maximum Gasteiger partial charge on any atom is 0.295 e. The van der Waals surface area contributed by atoms with Crippen LogP contribution in [0.1, 0.15) is 22.7 Å². The van der Waals surface area contributed by atoms with Gasteiger partial charge in [0.2, 0.25) is 0 Å². The number of ether oxygens (including phenoxy) is 1. The highest BCUT2D eigenvalue weighted by molar-refractivity contribution is 6.46. The first-order chi connectivity index (χ1) is 15.4. The summed E-state index contributed by atoms with van der Waals surface area (Å²) in [6.45, 7) is 0.146. The van der Waals surface area contributed by atoms with Crippen LogP contribution in [0, 0.1) is 0 Å². The van der Waals surface area contributed by atoms with Gasteiger partial charge in [-0.15, -0.1) is 0 Å². The predicted octanol–water partition coefficient (Wildman–Crippen LogP) is 5.02. The number of aromatic nitrogens is 1. The molecule has 6 nitrogen and oxygen atoms in total. The van der Waals surface area contributed by atoms with Crippen molar-refractivity contribution in [1.29, 1.82) is 0 Å². The molecule has 4 rings (SSSR count). The van der Waals surface area contributed by atoms with E-state index in [4.69, 9.17) is 27.9 Å². The van der Waals surface area contributed by atoms with E-state index in [2.05, 4.69) is 4.98 Å². The van der Waals surface area contributed by atoms with Crippen molar-refractivity contribution in [3.63, 3.8) is 0 Å². The Morgan fingerprint density at radius 3 is 2.50 bits per heavy atom. The Labute approximate surface area is 194 Å². The summed E-state index contributed by atoms with van der Waals surface area (Å²) >= 11 is 12.3. The molecule has 1 aliphatic heterocycles. The second kappa shape index (κ2) is 9.02. The van der Waals surface area contributed by atoms with E-state index in [1.54, 1.807) is 67.0 Å². The number of likely N-dealkylation sites (tertiary alicyclic amines) is 1. The van der Waals surface area contributed by atoms with Crippen molar-refractivity contribution in [2.45, 2.75) is 12.6 Å². The molecule has 3 aromatic rings. The van der Waals surface area contributed by atoms with Crippen LogP contribution in [0.3, 0.4) is 0 Å². The fraction of sp³-hybridized carbons (Fsp3) is 0.125. The van der Waals surface area contributed by atoms with Gasteiger partial charge in [0, 0.05) is 24.5 Å². The van der Waals surface area contributed by atoms with Gasteiger partial charge < -0.3 is 14.7 Å². The molecule has 1 saturated heterocycles. The summed E-state index contributed by atoms with van der Waals surface area (Å²) in [5, 5.41) is 11.7. The van der Waals surface area contributed by atoms with Crippen LogP contribution in [0.25, 0.3) is 5.76 Å². The molecule has 1 aliphatic rings. The minimum Gasteiger partial charge on any atom is -0.507 e. The van der Waals surface area contributed by atoms with Gasteiger partial charge in [-0.1, -0.05) is 41.4 Å². The Kier molecular flexibility index (Phi) is 6.17. The molecule has 1 atom stereocenters. The van der Waals surface area contributed by atoms with Gasteiger partial charge in [0.1, 0.15) is 11.5 Å². The highest BCUT2D eigenvalue weighted by Crippen LogP contribution is 2.41. The fourth-order valence-electron chi connectivity index (χ4n) is 3.68. The van der Waals surface area contributed by atoms with Gasteiger partial charge in [-0.3, -0.25) is 14.6 Å². The first kappa shape index (κ1) is 21.9. The van der Waals surface area contributed by atoms with Crippen LogP contribution in [-0.2, 0) is 16.1 Å². The topological polar surface area (TPSA) is 79.7 Å². The first-order valence-electron chi connectivity index (χ1n) is 9.67. The number of methoxy groups -OCH3 is 1. The summed E-state index contributed by atoms with van der Waals surface area (Å²) in [7, 11) is 1.50. The average Bonchev–Trinajstić information content (AvgIpc) is 3.06. The van der Waals surface area contributed by atoms with E-state index in [0.717, 1.165) is 5.56 Å². The number of amides is 1. The molecule has 1 N–H and O–H groups in total. The molecule has 0 spiro atoms. The summed E-state index contributed by atoms with van der Waals surface area (Å²) in [4.78, 5) is 31.5. The lowest BCUT2D eigenvalue weighted by Crippen LogP contribution is -2.29. The van der Waals surface area contributed by atoms with Gasteiger partial charge in [0.05, 0.1) is 28.8 Å². The molecule has 0 saturated carbocycles. The van der Waals surface area contributed by atoms with Gasteiger partial charge in [-0.25, -0.2) is 0 Å². The van der Waals surface area contributed by atoms with E-state index in [1.807, 2.05) is 0 Å². The average molecular weight is 469 g/mol. The number of Topliss-reactive ketones (excluding diaryl/α,β-unsaturated/α-hetero) is 1. The normalized spacial score (nSPS) is 17.6. The molecule has 32 heavy (non-hydrogen) atoms. The summed E-state index contributed by atoms with van der Waals surface area (Å²) in [6, 6.07) is 14.2. The fourth-order valence-corrected chi connectivity index (χ4v) is 3.99. The van der Waals surface area contributed by atoms with Gasteiger partial charge in [0.25, 0.3) is 11.7 Å². The largest absolute Gasteiger partial charge is 0.507 e. The van der Waals surface area contributed by atoms with E-state index in [1.165, 1.54) is 12.0 Å². The highest BCUT2D eigenvalue weighted by Gasteiger charge is 2.46. The number of rotatable bonds is 5. The Bertz CT molecular complexity index is 1230. The van der Waals surface area contributed by atoms with Crippen molar-refractivity contribution < 1.29 is 19.4 Å². The number of hydrogen-bond acceptors (Lipinski definition) is 5. The zero-order chi connectivity index (χ0) is 22.8. The number of pyridine rings is 1. The van der Waals surface area contributed by atoms with Crippen molar-refractivity contribution in [3.8, 4) is 5.75 Å². The predicted molar refractivity (Wildman–Crippen MR) is 122 cm³/mol. The summed E-state index contributed by atoms with van der Waals surface area (Å²) in [5.41, 5.74) is 1.66. The van der Waals surface area contributed by atoms with Gasteiger partial charge >= 0.3 is 0 Å². The number of carbonyl (C=O) groups is 2. The number of carbonyl (C=O) groups excluding carboxylic acids is 2. The van der Waals surface area contributed by atoms with E-state index in [0.29, 0.717) is 21.9 Å². The molecule has 0 bridgehead atoms. The van der Waals surface area contributed by atoms with Crippen LogP contribution in [0.15, 0.2) is 72.6 Å². The third-order valence-corrected chi connectivity index (χ3v) is 5.98. The van der Waals surface area contributed by atoms with Gasteiger partial charge in [-0.05, 0) is 47.5 Å². The number of halogens is 2. The second-order valence-corrected chi connectivity index (χ2v) is 8.00. The molecule has 0 aliphatic carbocycles. The molecular formula is C24H18Cl2N2O4. The van der Waals surface area contributed by atoms with Gasteiger partial charge in [-0.2, -0.15) is 0 Å². The Morgan fingerprint density at radius 1 is 1.06 bits per heavy atom. The number of benzene rings is 2. The molecule has 0 radical (unpaired) electrons. The second-order valence-electron chi connectivity index (χ2n) is 7.19. The van der Waals surface area contributed by atoms with Crippen molar-refractivity contribution in [1.82, 2.24) is 9.88 Å². The Hall–Kier alpha value is -3.35. The summed E-state index contributed by atoms with van der Waals surface area (Å²) < 4.78 is 5.22. The van der Waals surface area contributed by atoms with Crippen LogP contribution >= 0.6 is 23.2 Å². The monoisotopic (exact) mass is 468 g/mol. The molecule has 1 unspecified atom stereocenters. The third kappa shape index (κ3) is 4.07. The maximum atomic E-state index is 13.1. The number of aliphatic hydroxyl groups is 1. The molecule has 2 heterocycles. The minimum atomic E-state index is -0.857. The summed E-state index contributed by atoms with van der Waals surface area (Å²) in [6.07, 6.45) is 3.21. The molecule has 162 valence electrons. The van der Waals surface area contributed by atoms with Crippen molar-refractivity contribution >= 4 is 40.7 Å². The molecule has 2 aromatic carbocycles. The highest BCUT2D eigenvalue weighted by atomic mass is 35.5. The van der Waals surface area contributed by atoms with Gasteiger partial charge in [0.15, 0.2) is 0 Å². The van der Waals surface area contributed by atoms with Crippen molar-refractivity contribution in [2.24, 2.45) is 0 Å². The first-order valence-corrected chi connectivity index (χ1v) is 10.4. The zero-order valence-electron chi connectivity index (χ0n) is 17.0. The Balaban J connectivity index is 1.89. The Morgan fingerprint density at radius 2 is 1.81 bits per heavy atom. The molecule has 8 heteroatoms. The van der Waals surface area contributed by atoms with E-state index in [-0.39, 0.29) is 22.9 Å². The smallest absolute Gasteiger partial charge is 0.295 e. The molecule has 1 aromatic heterocycles.